The maximum Gasteiger partial charge on any atom is 0.223 e. The molecular formula is C26H41N3O3. The number of amides is 2. The Balaban J connectivity index is 1.55. The summed E-state index contributed by atoms with van der Waals surface area (Å²) in [6, 6.07) is 8.33. The summed E-state index contributed by atoms with van der Waals surface area (Å²) in [6.07, 6.45) is 8.14. The van der Waals surface area contributed by atoms with Crippen LogP contribution < -0.4 is 10.6 Å². The lowest BCUT2D eigenvalue weighted by Gasteiger charge is -2.29. The van der Waals surface area contributed by atoms with E-state index in [-0.39, 0.29) is 23.8 Å². The molecule has 2 atom stereocenters. The van der Waals surface area contributed by atoms with Crippen LogP contribution in [0.5, 0.6) is 0 Å². The Kier molecular flexibility index (Phi) is 9.85. The number of nitrogens with zero attached hydrogens (tertiary/aromatic N) is 1. The van der Waals surface area contributed by atoms with Gasteiger partial charge in [0.1, 0.15) is 0 Å². The third kappa shape index (κ3) is 7.80. The van der Waals surface area contributed by atoms with Crippen molar-refractivity contribution in [1.29, 1.82) is 0 Å². The van der Waals surface area contributed by atoms with Gasteiger partial charge in [-0.2, -0.15) is 0 Å². The number of benzene rings is 1. The summed E-state index contributed by atoms with van der Waals surface area (Å²) in [5, 5.41) is 6.67. The maximum atomic E-state index is 13.3. The van der Waals surface area contributed by atoms with Gasteiger partial charge in [0.25, 0.3) is 0 Å². The zero-order valence-electron chi connectivity index (χ0n) is 19.9. The van der Waals surface area contributed by atoms with Crippen molar-refractivity contribution >= 4 is 17.5 Å². The van der Waals surface area contributed by atoms with Gasteiger partial charge in [-0.05, 0) is 44.2 Å². The van der Waals surface area contributed by atoms with E-state index in [1.165, 1.54) is 31.2 Å². The molecule has 0 unspecified atom stereocenters. The molecule has 32 heavy (non-hydrogen) atoms. The van der Waals surface area contributed by atoms with Crippen molar-refractivity contribution in [3.8, 4) is 0 Å². The molecule has 1 heterocycles. The number of hydrogen-bond donors (Lipinski definition) is 2. The monoisotopic (exact) mass is 443 g/mol. The van der Waals surface area contributed by atoms with Gasteiger partial charge in [-0.3, -0.25) is 9.59 Å². The molecule has 1 aliphatic carbocycles. The van der Waals surface area contributed by atoms with Crippen LogP contribution >= 0.6 is 0 Å². The van der Waals surface area contributed by atoms with E-state index < -0.39 is 0 Å². The summed E-state index contributed by atoms with van der Waals surface area (Å²) in [5.41, 5.74) is 2.29. The number of aryl methyl sites for hydroxylation is 1. The van der Waals surface area contributed by atoms with Crippen molar-refractivity contribution in [1.82, 2.24) is 10.2 Å². The van der Waals surface area contributed by atoms with Crippen molar-refractivity contribution in [3.63, 3.8) is 0 Å². The molecule has 1 aromatic carbocycles. The number of morpholine rings is 1. The Hall–Kier alpha value is -2.08. The van der Waals surface area contributed by atoms with Crippen LogP contribution in [-0.2, 0) is 14.3 Å². The summed E-state index contributed by atoms with van der Waals surface area (Å²) in [4.78, 5) is 28.0. The van der Waals surface area contributed by atoms with Crippen molar-refractivity contribution in [2.75, 3.05) is 38.2 Å². The Morgan fingerprint density at radius 1 is 1.12 bits per heavy atom. The highest BCUT2D eigenvalue weighted by Crippen LogP contribution is 2.30. The second-order valence-electron chi connectivity index (χ2n) is 9.48. The zero-order chi connectivity index (χ0) is 22.8. The highest BCUT2D eigenvalue weighted by Gasteiger charge is 2.28. The minimum absolute atomic E-state index is 0.0298. The molecule has 1 aromatic rings. The average Bonchev–Trinajstić information content (AvgIpc) is 3.34. The number of hydrogen-bond acceptors (Lipinski definition) is 4. The van der Waals surface area contributed by atoms with Crippen LogP contribution in [0.2, 0.25) is 0 Å². The fourth-order valence-electron chi connectivity index (χ4n) is 4.74. The van der Waals surface area contributed by atoms with E-state index in [4.69, 9.17) is 4.74 Å². The molecule has 0 bridgehead atoms. The Morgan fingerprint density at radius 3 is 2.47 bits per heavy atom. The third-order valence-electron chi connectivity index (χ3n) is 7.00. The van der Waals surface area contributed by atoms with Crippen molar-refractivity contribution in [2.24, 2.45) is 11.8 Å². The van der Waals surface area contributed by atoms with Crippen LogP contribution in [0.25, 0.3) is 0 Å². The van der Waals surface area contributed by atoms with Gasteiger partial charge in [0.05, 0.1) is 13.2 Å². The second-order valence-corrected chi connectivity index (χ2v) is 9.48. The van der Waals surface area contributed by atoms with Crippen molar-refractivity contribution in [3.05, 3.63) is 29.8 Å². The molecule has 2 fully saturated rings. The van der Waals surface area contributed by atoms with Gasteiger partial charge >= 0.3 is 0 Å². The molecule has 0 spiro atoms. The van der Waals surface area contributed by atoms with Crippen molar-refractivity contribution in [2.45, 2.75) is 71.3 Å². The molecule has 0 aromatic heterocycles. The van der Waals surface area contributed by atoms with E-state index >= 15 is 0 Å². The van der Waals surface area contributed by atoms with Crippen LogP contribution in [0.4, 0.5) is 5.69 Å². The summed E-state index contributed by atoms with van der Waals surface area (Å²) in [7, 11) is 0. The summed E-state index contributed by atoms with van der Waals surface area (Å²) in [5.74, 6) is 0.584. The van der Waals surface area contributed by atoms with Crippen LogP contribution in [0.15, 0.2) is 24.3 Å². The third-order valence-corrected chi connectivity index (χ3v) is 7.00. The highest BCUT2D eigenvalue weighted by molar-refractivity contribution is 5.86. The van der Waals surface area contributed by atoms with E-state index in [0.717, 1.165) is 24.9 Å². The molecule has 3 rings (SSSR count). The zero-order valence-corrected chi connectivity index (χ0v) is 19.9. The van der Waals surface area contributed by atoms with Gasteiger partial charge < -0.3 is 20.3 Å². The summed E-state index contributed by atoms with van der Waals surface area (Å²) in [6.45, 7) is 7.29. The molecule has 2 amide bonds. The second kappa shape index (κ2) is 12.8. The smallest absolute Gasteiger partial charge is 0.223 e. The van der Waals surface area contributed by atoms with E-state index in [0.29, 0.717) is 45.2 Å². The number of carbonyl (C=O) groups excluding carboxylic acids is 2. The van der Waals surface area contributed by atoms with Gasteiger partial charge in [0, 0.05) is 43.7 Å². The first-order chi connectivity index (χ1) is 15.5. The Labute approximate surface area is 193 Å². The lowest BCUT2D eigenvalue weighted by atomic mass is 9.91. The van der Waals surface area contributed by atoms with Gasteiger partial charge in [0.15, 0.2) is 0 Å². The molecule has 178 valence electrons. The number of carbonyl (C=O) groups is 2. The number of nitrogens with one attached hydrogen (secondary N) is 2. The molecule has 1 saturated heterocycles. The van der Waals surface area contributed by atoms with Gasteiger partial charge in [0.2, 0.25) is 11.8 Å². The van der Waals surface area contributed by atoms with Gasteiger partial charge in [-0.15, -0.1) is 0 Å². The number of anilines is 1. The van der Waals surface area contributed by atoms with Crippen LogP contribution in [0.3, 0.4) is 0 Å². The van der Waals surface area contributed by atoms with E-state index in [2.05, 4.69) is 48.7 Å². The molecule has 6 heteroatoms. The lowest BCUT2D eigenvalue weighted by Crippen LogP contribution is -2.45. The predicted molar refractivity (Wildman–Crippen MR) is 129 cm³/mol. The Bertz CT molecular complexity index is 710. The molecule has 2 N–H and O–H groups in total. The summed E-state index contributed by atoms with van der Waals surface area (Å²) >= 11 is 0. The first-order valence-electron chi connectivity index (χ1n) is 12.5. The quantitative estimate of drug-likeness (QED) is 0.539. The van der Waals surface area contributed by atoms with Crippen LogP contribution in [0.1, 0.15) is 63.9 Å². The highest BCUT2D eigenvalue weighted by atomic mass is 16.5. The molecule has 0 radical (unpaired) electrons. The standard InChI is InChI=1S/C26H41N3O3/c1-3-23(19-27-24-12-8-20(2)9-13-24)28-26(31)22(11-10-21-6-4-5-7-21)18-25(30)29-14-16-32-17-15-29/h8-9,12-13,21-23,27H,3-7,10-11,14-19H2,1-2H3,(H,28,31)/t22-,23+/m1/s1. The van der Waals surface area contributed by atoms with Gasteiger partial charge in [-0.1, -0.05) is 50.3 Å². The topological polar surface area (TPSA) is 70.7 Å². The lowest BCUT2D eigenvalue weighted by molar-refractivity contribution is -0.139. The van der Waals surface area contributed by atoms with Gasteiger partial charge in [-0.25, -0.2) is 0 Å². The predicted octanol–water partition coefficient (Wildman–Crippen LogP) is 4.14. The summed E-state index contributed by atoms with van der Waals surface area (Å²) < 4.78 is 5.37. The first-order valence-corrected chi connectivity index (χ1v) is 12.5. The van der Waals surface area contributed by atoms with Crippen LogP contribution in [-0.4, -0.2) is 55.6 Å². The molecule has 1 saturated carbocycles. The van der Waals surface area contributed by atoms with Crippen LogP contribution in [0, 0.1) is 18.8 Å². The van der Waals surface area contributed by atoms with E-state index in [1.807, 2.05) is 4.90 Å². The normalized spacial score (nSPS) is 18.9. The molecule has 6 nitrogen and oxygen atoms in total. The average molecular weight is 444 g/mol. The maximum absolute atomic E-state index is 13.3. The first kappa shape index (κ1) is 24.6. The van der Waals surface area contributed by atoms with Crippen molar-refractivity contribution < 1.29 is 14.3 Å². The molecular weight excluding hydrogens is 402 g/mol. The molecule has 1 aliphatic heterocycles. The van der Waals surface area contributed by atoms with E-state index in [9.17, 15) is 9.59 Å². The number of rotatable bonds is 11. The minimum Gasteiger partial charge on any atom is -0.383 e. The fourth-order valence-corrected chi connectivity index (χ4v) is 4.74. The largest absolute Gasteiger partial charge is 0.383 e. The number of ether oxygens (including phenoxy) is 1. The minimum atomic E-state index is -0.251. The molecule has 2 aliphatic rings. The Morgan fingerprint density at radius 2 is 1.81 bits per heavy atom. The SMILES string of the molecule is CC[C@@H](CNc1ccc(C)cc1)NC(=O)[C@H](CCC1CCCC1)CC(=O)N1CCOCC1. The fraction of sp³-hybridized carbons (Fsp3) is 0.692. The van der Waals surface area contributed by atoms with E-state index in [1.54, 1.807) is 0 Å².